The Labute approximate surface area is 185 Å². The maximum atomic E-state index is 13.5. The van der Waals surface area contributed by atoms with Crippen molar-refractivity contribution in [1.29, 1.82) is 0 Å². The molecule has 0 radical (unpaired) electrons. The Kier molecular flexibility index (Phi) is 7.13. The Morgan fingerprint density at radius 2 is 1.07 bits per heavy atom. The zero-order valence-corrected chi connectivity index (χ0v) is 19.4. The number of hydrogen-bond acceptors (Lipinski definition) is 2. The van der Waals surface area contributed by atoms with Crippen molar-refractivity contribution in [3.8, 4) is 0 Å². The summed E-state index contributed by atoms with van der Waals surface area (Å²) in [6, 6.07) is 13.7. The third kappa shape index (κ3) is 5.67. The molecule has 4 nitrogen and oxygen atoms in total. The number of imidazole rings is 2. The Bertz CT molecular complexity index is 934. The molecule has 0 amide bonds. The molecule has 2 atom stereocenters. The predicted octanol–water partition coefficient (Wildman–Crippen LogP) is 3.86. The monoisotopic (exact) mass is 538 g/mol. The molecular weight excluding hydrogens is 516 g/mol. The molecule has 0 N–H and O–H groups in total. The molecule has 154 valence electrons. The zero-order valence-electron chi connectivity index (χ0n) is 16.0. The van der Waals surface area contributed by atoms with E-state index in [1.807, 2.05) is 49.3 Å². The molecule has 30 heavy (non-hydrogen) atoms. The summed E-state index contributed by atoms with van der Waals surface area (Å²) in [6.07, 6.45) is 11.1. The molecule has 0 fully saturated rings. The van der Waals surface area contributed by atoms with Gasteiger partial charge in [0.2, 0.25) is 0 Å². The first-order valence-corrected chi connectivity index (χ1v) is 15.7. The van der Waals surface area contributed by atoms with Crippen LogP contribution in [0.3, 0.4) is 0 Å². The fourth-order valence-corrected chi connectivity index (χ4v) is 12.4. The first kappa shape index (κ1) is 21.0. The summed E-state index contributed by atoms with van der Waals surface area (Å²) in [5.41, 5.74) is 2.29. The van der Waals surface area contributed by atoms with E-state index in [-0.39, 0.29) is 37.9 Å². The molecular formula is C22H20F2N4Se2. The zero-order chi connectivity index (χ0) is 20.8. The topological polar surface area (TPSA) is 35.6 Å². The molecule has 0 aliphatic carbocycles. The quantitative estimate of drug-likeness (QED) is 0.305. The summed E-state index contributed by atoms with van der Waals surface area (Å²) in [5, 5.41) is 0. The van der Waals surface area contributed by atoms with Crippen molar-refractivity contribution in [3.63, 3.8) is 0 Å². The van der Waals surface area contributed by atoms with Crippen LogP contribution in [0, 0.1) is 11.6 Å². The number of hydrogen-bond donors (Lipinski definition) is 0. The Morgan fingerprint density at radius 3 is 1.40 bits per heavy atom. The van der Waals surface area contributed by atoms with Gasteiger partial charge < -0.3 is 0 Å². The normalized spacial score (nSPS) is 13.3. The molecule has 8 heteroatoms. The van der Waals surface area contributed by atoms with Gasteiger partial charge in [-0.3, -0.25) is 0 Å². The van der Waals surface area contributed by atoms with Gasteiger partial charge in [-0.15, -0.1) is 0 Å². The standard InChI is InChI=1S/C22H20F2N4Se2/c23-19-5-1-17(2-6-19)21(13-27-11-9-25-15-27)29-30-22(14-28-12-10-26-16-28)18-3-7-20(24)8-4-18/h1-12,15-16,21-22H,13-14H2. The van der Waals surface area contributed by atoms with E-state index in [1.165, 1.54) is 24.3 Å². The number of aromatic nitrogens is 4. The minimum absolute atomic E-state index is 0.220. The average molecular weight is 536 g/mol. The van der Waals surface area contributed by atoms with Crippen LogP contribution in [-0.4, -0.2) is 45.4 Å². The van der Waals surface area contributed by atoms with Crippen molar-refractivity contribution >= 4 is 26.3 Å². The maximum absolute atomic E-state index is 13.5. The summed E-state index contributed by atoms with van der Waals surface area (Å²) >= 11 is 0.573. The van der Waals surface area contributed by atoms with Gasteiger partial charge >= 0.3 is 186 Å². The predicted molar refractivity (Wildman–Crippen MR) is 114 cm³/mol. The van der Waals surface area contributed by atoms with E-state index in [9.17, 15) is 8.78 Å². The molecule has 4 aromatic rings. The summed E-state index contributed by atoms with van der Waals surface area (Å²) < 4.78 is 31.1. The third-order valence-electron chi connectivity index (χ3n) is 4.64. The van der Waals surface area contributed by atoms with Crippen molar-refractivity contribution in [1.82, 2.24) is 19.1 Å². The van der Waals surface area contributed by atoms with Gasteiger partial charge in [-0.1, -0.05) is 0 Å². The van der Waals surface area contributed by atoms with Crippen molar-refractivity contribution in [2.24, 2.45) is 0 Å². The van der Waals surface area contributed by atoms with Crippen molar-refractivity contribution in [3.05, 3.63) is 109 Å². The molecule has 0 saturated carbocycles. The summed E-state index contributed by atoms with van der Waals surface area (Å²) in [6.45, 7) is 1.63. The van der Waals surface area contributed by atoms with Gasteiger partial charge in [0.25, 0.3) is 0 Å². The van der Waals surface area contributed by atoms with Crippen LogP contribution in [0.2, 0.25) is 0 Å². The molecule has 2 unspecified atom stereocenters. The fourth-order valence-electron chi connectivity index (χ4n) is 3.04. The van der Waals surface area contributed by atoms with E-state index in [0.29, 0.717) is 9.63 Å². The summed E-state index contributed by atoms with van der Waals surface area (Å²) in [4.78, 5) is 8.91. The van der Waals surface area contributed by atoms with Gasteiger partial charge in [0.1, 0.15) is 0 Å². The van der Waals surface area contributed by atoms with Crippen molar-refractivity contribution < 1.29 is 8.78 Å². The van der Waals surface area contributed by atoms with E-state index < -0.39 is 0 Å². The van der Waals surface area contributed by atoms with Crippen molar-refractivity contribution in [2.45, 2.75) is 22.7 Å². The second-order valence-corrected chi connectivity index (χ2v) is 14.2. The van der Waals surface area contributed by atoms with E-state index in [1.54, 1.807) is 12.4 Å². The molecule has 2 heterocycles. The van der Waals surface area contributed by atoms with E-state index in [4.69, 9.17) is 0 Å². The molecule has 0 saturated heterocycles. The number of halogens is 2. The van der Waals surface area contributed by atoms with Crippen molar-refractivity contribution in [2.75, 3.05) is 0 Å². The first-order chi connectivity index (χ1) is 14.7. The molecule has 0 aliphatic heterocycles. The van der Waals surface area contributed by atoms with E-state index in [0.717, 1.165) is 24.2 Å². The van der Waals surface area contributed by atoms with Gasteiger partial charge in [-0.25, -0.2) is 0 Å². The molecule has 4 rings (SSSR count). The molecule has 0 spiro atoms. The van der Waals surface area contributed by atoms with Crippen LogP contribution in [0.25, 0.3) is 0 Å². The van der Waals surface area contributed by atoms with Crippen LogP contribution in [0.5, 0.6) is 0 Å². The molecule has 2 aromatic carbocycles. The minimum atomic E-state index is -0.220. The van der Waals surface area contributed by atoms with Crippen LogP contribution in [0.15, 0.2) is 86.0 Å². The molecule has 2 aromatic heterocycles. The second-order valence-electron chi connectivity index (χ2n) is 6.79. The van der Waals surface area contributed by atoms with Crippen LogP contribution in [-0.2, 0) is 13.1 Å². The second kappa shape index (κ2) is 10.2. The summed E-state index contributed by atoms with van der Waals surface area (Å²) in [5.74, 6) is -0.440. The fraction of sp³-hybridized carbons (Fsp3) is 0.182. The Morgan fingerprint density at radius 1 is 0.667 bits per heavy atom. The number of nitrogens with zero attached hydrogens (tertiary/aromatic N) is 4. The van der Waals surface area contributed by atoms with Gasteiger partial charge in [-0.2, -0.15) is 0 Å². The van der Waals surface area contributed by atoms with Gasteiger partial charge in [0.05, 0.1) is 0 Å². The SMILES string of the molecule is Fc1ccc(C(Cn2ccnc2)[Se][Se]C(Cn2ccnc2)c2ccc(F)cc2)cc1. The van der Waals surface area contributed by atoms with Crippen LogP contribution in [0.1, 0.15) is 20.8 Å². The van der Waals surface area contributed by atoms with E-state index in [2.05, 4.69) is 19.1 Å². The average Bonchev–Trinajstić information content (AvgIpc) is 3.46. The van der Waals surface area contributed by atoms with Crippen LogP contribution < -0.4 is 0 Å². The number of benzene rings is 2. The Hall–Kier alpha value is -2.24. The van der Waals surface area contributed by atoms with Gasteiger partial charge in [0.15, 0.2) is 0 Å². The molecule has 0 aliphatic rings. The first-order valence-electron chi connectivity index (χ1n) is 9.42. The van der Waals surface area contributed by atoms with Crippen LogP contribution in [0.4, 0.5) is 8.78 Å². The van der Waals surface area contributed by atoms with Crippen LogP contribution >= 0.6 is 0 Å². The van der Waals surface area contributed by atoms with Gasteiger partial charge in [0, 0.05) is 0 Å². The van der Waals surface area contributed by atoms with E-state index >= 15 is 0 Å². The molecule has 0 bridgehead atoms. The third-order valence-corrected chi connectivity index (χ3v) is 13.9. The summed E-state index contributed by atoms with van der Waals surface area (Å²) in [7, 11) is 0. The number of rotatable bonds is 9. The van der Waals surface area contributed by atoms with Gasteiger partial charge in [-0.05, 0) is 0 Å². The Balaban J connectivity index is 1.54.